The Morgan fingerprint density at radius 1 is 1.12 bits per heavy atom. The predicted octanol–water partition coefficient (Wildman–Crippen LogP) is 4.64. The standard InChI is InChI=1S/C24H24Cl2FN3O3/c25-21-5-3-17(13-22(21)26)33-16-6-10-30(11-7-16)9-1-8-28-24(32)20-14-29-23(31)18-4-2-15(27)12-19(18)20/h2-5,12-14,16H,1,6-11H2,(H,28,32)(H,29,31). The highest BCUT2D eigenvalue weighted by atomic mass is 35.5. The summed E-state index contributed by atoms with van der Waals surface area (Å²) in [5.41, 5.74) is -0.0996. The molecule has 2 N–H and O–H groups in total. The number of nitrogens with one attached hydrogen (secondary N) is 2. The number of carbonyl (C=O) groups is 1. The molecule has 0 spiro atoms. The molecular formula is C24H24Cl2FN3O3. The van der Waals surface area contributed by atoms with Gasteiger partial charge in [-0.2, -0.15) is 0 Å². The summed E-state index contributed by atoms with van der Waals surface area (Å²) < 4.78 is 19.7. The largest absolute Gasteiger partial charge is 0.490 e. The number of halogens is 3. The number of piperidine rings is 1. The van der Waals surface area contributed by atoms with Crippen LogP contribution in [0.25, 0.3) is 10.8 Å². The molecule has 0 aliphatic carbocycles. The number of benzene rings is 2. The van der Waals surface area contributed by atoms with E-state index in [1.165, 1.54) is 24.4 Å². The van der Waals surface area contributed by atoms with E-state index < -0.39 is 5.82 Å². The molecule has 0 radical (unpaired) electrons. The summed E-state index contributed by atoms with van der Waals surface area (Å²) in [5.74, 6) is -0.107. The molecule has 6 nitrogen and oxygen atoms in total. The normalized spacial score (nSPS) is 15.0. The summed E-state index contributed by atoms with van der Waals surface area (Å²) in [6, 6.07) is 9.09. The highest BCUT2D eigenvalue weighted by Gasteiger charge is 2.20. The highest BCUT2D eigenvalue weighted by molar-refractivity contribution is 6.42. The van der Waals surface area contributed by atoms with Crippen LogP contribution in [0.4, 0.5) is 4.39 Å². The number of hydrogen-bond acceptors (Lipinski definition) is 4. The van der Waals surface area contributed by atoms with Gasteiger partial charge in [-0.15, -0.1) is 0 Å². The van der Waals surface area contributed by atoms with Gasteiger partial charge in [0.25, 0.3) is 11.5 Å². The molecule has 33 heavy (non-hydrogen) atoms. The van der Waals surface area contributed by atoms with Crippen molar-refractivity contribution >= 4 is 39.9 Å². The van der Waals surface area contributed by atoms with E-state index in [0.717, 1.165) is 44.6 Å². The van der Waals surface area contributed by atoms with Gasteiger partial charge in [-0.25, -0.2) is 4.39 Å². The highest BCUT2D eigenvalue weighted by Crippen LogP contribution is 2.28. The minimum absolute atomic E-state index is 0.132. The second kappa shape index (κ2) is 10.5. The van der Waals surface area contributed by atoms with Gasteiger partial charge in [-0.05, 0) is 56.1 Å². The Hall–Kier alpha value is -2.61. The van der Waals surface area contributed by atoms with Gasteiger partial charge in [0.05, 0.1) is 15.6 Å². The average molecular weight is 492 g/mol. The molecule has 1 aliphatic rings. The van der Waals surface area contributed by atoms with Crippen LogP contribution in [0.2, 0.25) is 10.0 Å². The first-order valence-corrected chi connectivity index (χ1v) is 11.6. The minimum atomic E-state index is -0.492. The van der Waals surface area contributed by atoms with Crippen LogP contribution in [0.5, 0.6) is 5.75 Å². The van der Waals surface area contributed by atoms with Crippen molar-refractivity contribution in [3.8, 4) is 5.75 Å². The Bertz CT molecular complexity index is 1210. The van der Waals surface area contributed by atoms with Crippen LogP contribution in [0.1, 0.15) is 29.6 Å². The van der Waals surface area contributed by atoms with Crippen molar-refractivity contribution in [3.05, 3.63) is 74.4 Å². The lowest BCUT2D eigenvalue weighted by Gasteiger charge is -2.32. The summed E-state index contributed by atoms with van der Waals surface area (Å²) in [7, 11) is 0. The van der Waals surface area contributed by atoms with Crippen LogP contribution in [0.3, 0.4) is 0 Å². The second-order valence-corrected chi connectivity index (χ2v) is 8.88. The van der Waals surface area contributed by atoms with Crippen LogP contribution in [0, 0.1) is 5.82 Å². The molecule has 1 amide bonds. The Morgan fingerprint density at radius 3 is 2.67 bits per heavy atom. The lowest BCUT2D eigenvalue weighted by atomic mass is 10.1. The monoisotopic (exact) mass is 491 g/mol. The first-order chi connectivity index (χ1) is 15.9. The van der Waals surface area contributed by atoms with Gasteiger partial charge in [-0.3, -0.25) is 9.59 Å². The predicted molar refractivity (Wildman–Crippen MR) is 128 cm³/mol. The molecule has 2 aromatic carbocycles. The quantitative estimate of drug-likeness (QED) is 0.472. The number of rotatable bonds is 7. The van der Waals surface area contributed by atoms with E-state index in [9.17, 15) is 14.0 Å². The summed E-state index contributed by atoms with van der Waals surface area (Å²) >= 11 is 12.0. The Morgan fingerprint density at radius 2 is 1.91 bits per heavy atom. The molecule has 4 rings (SSSR count). The molecule has 1 fully saturated rings. The minimum Gasteiger partial charge on any atom is -0.490 e. The van der Waals surface area contributed by atoms with Crippen LogP contribution in [0.15, 0.2) is 47.4 Å². The van der Waals surface area contributed by atoms with Crippen molar-refractivity contribution in [2.24, 2.45) is 0 Å². The summed E-state index contributed by atoms with van der Waals surface area (Å²) in [6.07, 6.45) is 4.05. The maximum atomic E-state index is 13.6. The van der Waals surface area contributed by atoms with Gasteiger partial charge in [0.1, 0.15) is 17.7 Å². The first kappa shape index (κ1) is 23.5. The average Bonchev–Trinajstić information content (AvgIpc) is 2.80. The number of carbonyl (C=O) groups excluding carboxylic acids is 1. The third-order valence-electron chi connectivity index (χ3n) is 5.77. The molecule has 2 heterocycles. The number of amides is 1. The molecule has 174 valence electrons. The molecular weight excluding hydrogens is 468 g/mol. The summed E-state index contributed by atoms with van der Waals surface area (Å²) in [5, 5.41) is 4.44. The Labute approximate surface area is 200 Å². The van der Waals surface area contributed by atoms with Crippen molar-refractivity contribution < 1.29 is 13.9 Å². The molecule has 9 heteroatoms. The third-order valence-corrected chi connectivity index (χ3v) is 6.51. The number of aromatic amines is 1. The third kappa shape index (κ3) is 5.85. The molecule has 0 bridgehead atoms. The number of ether oxygens (including phenoxy) is 1. The zero-order valence-corrected chi connectivity index (χ0v) is 19.4. The van der Waals surface area contributed by atoms with Gasteiger partial charge in [0.2, 0.25) is 0 Å². The fourth-order valence-electron chi connectivity index (χ4n) is 4.01. The molecule has 3 aromatic rings. The van der Waals surface area contributed by atoms with Crippen molar-refractivity contribution in [1.82, 2.24) is 15.2 Å². The van der Waals surface area contributed by atoms with Crippen molar-refractivity contribution in [3.63, 3.8) is 0 Å². The van der Waals surface area contributed by atoms with E-state index in [-0.39, 0.29) is 28.5 Å². The number of nitrogens with zero attached hydrogens (tertiary/aromatic N) is 1. The van der Waals surface area contributed by atoms with Gasteiger partial charge >= 0.3 is 0 Å². The number of hydrogen-bond donors (Lipinski definition) is 2. The van der Waals surface area contributed by atoms with Crippen molar-refractivity contribution in [1.29, 1.82) is 0 Å². The van der Waals surface area contributed by atoms with Crippen LogP contribution >= 0.6 is 23.2 Å². The number of pyridine rings is 1. The zero-order chi connectivity index (χ0) is 23.4. The van der Waals surface area contributed by atoms with Crippen molar-refractivity contribution in [2.75, 3.05) is 26.2 Å². The number of likely N-dealkylation sites (tertiary alicyclic amines) is 1. The number of H-pyrrole nitrogens is 1. The first-order valence-electron chi connectivity index (χ1n) is 10.8. The lowest BCUT2D eigenvalue weighted by molar-refractivity contribution is 0.0936. The maximum Gasteiger partial charge on any atom is 0.255 e. The molecule has 0 unspecified atom stereocenters. The number of fused-ring (bicyclic) bond motifs is 1. The summed E-state index contributed by atoms with van der Waals surface area (Å²) in [4.78, 5) is 29.4. The molecule has 1 saturated heterocycles. The van der Waals surface area contributed by atoms with Crippen LogP contribution in [-0.4, -0.2) is 48.1 Å². The van der Waals surface area contributed by atoms with E-state index >= 15 is 0 Å². The molecule has 0 atom stereocenters. The van der Waals surface area contributed by atoms with Crippen molar-refractivity contribution in [2.45, 2.75) is 25.4 Å². The smallest absolute Gasteiger partial charge is 0.255 e. The van der Waals surface area contributed by atoms with Gasteiger partial charge in [0, 0.05) is 42.7 Å². The Balaban J connectivity index is 1.22. The lowest BCUT2D eigenvalue weighted by Crippen LogP contribution is -2.39. The SMILES string of the molecule is O=C(NCCCN1CCC(Oc2ccc(Cl)c(Cl)c2)CC1)c1c[nH]c(=O)c2ccc(F)cc12. The maximum absolute atomic E-state index is 13.6. The van der Waals surface area contributed by atoms with E-state index in [0.29, 0.717) is 22.0 Å². The molecule has 1 aromatic heterocycles. The van der Waals surface area contributed by atoms with E-state index in [1.54, 1.807) is 12.1 Å². The van der Waals surface area contributed by atoms with E-state index in [1.807, 2.05) is 6.07 Å². The molecule has 1 aliphatic heterocycles. The van der Waals surface area contributed by atoms with Crippen LogP contribution < -0.4 is 15.6 Å². The summed E-state index contributed by atoms with van der Waals surface area (Å²) in [6.45, 7) is 3.14. The van der Waals surface area contributed by atoms with Crippen LogP contribution in [-0.2, 0) is 0 Å². The zero-order valence-electron chi connectivity index (χ0n) is 17.9. The number of aromatic nitrogens is 1. The van der Waals surface area contributed by atoms with Gasteiger partial charge in [0.15, 0.2) is 0 Å². The van der Waals surface area contributed by atoms with E-state index in [2.05, 4.69) is 15.2 Å². The second-order valence-electron chi connectivity index (χ2n) is 8.07. The fraction of sp³-hybridized carbons (Fsp3) is 0.333. The molecule has 0 saturated carbocycles. The van der Waals surface area contributed by atoms with Gasteiger partial charge in [-0.1, -0.05) is 23.2 Å². The Kier molecular flexibility index (Phi) is 7.53. The fourth-order valence-corrected chi connectivity index (χ4v) is 4.30. The van der Waals surface area contributed by atoms with E-state index in [4.69, 9.17) is 27.9 Å². The van der Waals surface area contributed by atoms with Gasteiger partial charge < -0.3 is 19.9 Å². The topological polar surface area (TPSA) is 74.4 Å².